The summed E-state index contributed by atoms with van der Waals surface area (Å²) in [5.41, 5.74) is 7.61. The monoisotopic (exact) mass is 397 g/mol. The number of rotatable bonds is 8. The van der Waals surface area contributed by atoms with Crippen molar-refractivity contribution in [2.24, 2.45) is 5.73 Å². The highest BCUT2D eigenvalue weighted by atomic mass is 35.5. The number of hydrogen-bond acceptors (Lipinski definition) is 4. The second-order valence-electron chi connectivity index (χ2n) is 6.38. The topological polar surface area (TPSA) is 77.0 Å². The lowest BCUT2D eigenvalue weighted by Crippen LogP contribution is -2.37. The van der Waals surface area contributed by atoms with Crippen LogP contribution in [0.3, 0.4) is 0 Å². The molecule has 0 radical (unpaired) electrons. The molecule has 6 nitrogen and oxygen atoms in total. The fraction of sp³-hybridized carbons (Fsp3) is 0.286. The van der Waals surface area contributed by atoms with E-state index in [1.807, 2.05) is 55.5 Å². The van der Waals surface area contributed by atoms with E-state index >= 15 is 0 Å². The van der Waals surface area contributed by atoms with Crippen molar-refractivity contribution in [3.63, 3.8) is 0 Å². The molecule has 1 amide bonds. The molecule has 1 heterocycles. The van der Waals surface area contributed by atoms with Gasteiger partial charge >= 0.3 is 0 Å². The third kappa shape index (κ3) is 4.58. The highest BCUT2D eigenvalue weighted by molar-refractivity contribution is 6.32. The summed E-state index contributed by atoms with van der Waals surface area (Å²) in [5, 5.41) is 5.02. The second-order valence-corrected chi connectivity index (χ2v) is 6.79. The lowest BCUT2D eigenvalue weighted by molar-refractivity contribution is 0.0750. The van der Waals surface area contributed by atoms with Crippen LogP contribution in [0, 0.1) is 0 Å². The van der Waals surface area contributed by atoms with E-state index in [2.05, 4.69) is 10.1 Å². The van der Waals surface area contributed by atoms with Gasteiger partial charge in [0.2, 0.25) is 5.82 Å². The van der Waals surface area contributed by atoms with E-state index in [-0.39, 0.29) is 11.7 Å². The van der Waals surface area contributed by atoms with E-state index in [9.17, 15) is 4.79 Å². The summed E-state index contributed by atoms with van der Waals surface area (Å²) in [4.78, 5) is 19.2. The average Bonchev–Trinajstić information content (AvgIpc) is 3.16. The van der Waals surface area contributed by atoms with Gasteiger partial charge in [-0.15, -0.1) is 5.10 Å². The highest BCUT2D eigenvalue weighted by Gasteiger charge is 2.22. The number of benzene rings is 2. The summed E-state index contributed by atoms with van der Waals surface area (Å²) in [7, 11) is 0. The Labute approximate surface area is 169 Å². The number of hydrogen-bond donors (Lipinski definition) is 1. The summed E-state index contributed by atoms with van der Waals surface area (Å²) in [6.45, 7) is 3.36. The molecule has 0 fully saturated rings. The Balaban J connectivity index is 1.84. The largest absolute Gasteiger partial charge is 0.334 e. The minimum Gasteiger partial charge on any atom is -0.334 e. The zero-order chi connectivity index (χ0) is 19.9. The summed E-state index contributed by atoms with van der Waals surface area (Å²) in [6.07, 6.45) is 1.38. The zero-order valence-corrected chi connectivity index (χ0v) is 16.6. The minimum absolute atomic E-state index is 0.165. The standard InChI is InChI=1S/C21H24ClN5O/c1-2-19-24-20(25-27(19)18-11-7-6-10-17(18)22)21(28)26(15-13-23)14-12-16-8-4-3-5-9-16/h3-11H,2,12-15,23H2,1H3. The van der Waals surface area contributed by atoms with Gasteiger partial charge in [0, 0.05) is 26.1 Å². The Bertz CT molecular complexity index is 926. The molecule has 28 heavy (non-hydrogen) atoms. The highest BCUT2D eigenvalue weighted by Crippen LogP contribution is 2.21. The summed E-state index contributed by atoms with van der Waals surface area (Å²) in [6, 6.07) is 17.4. The third-order valence-electron chi connectivity index (χ3n) is 4.46. The van der Waals surface area contributed by atoms with Gasteiger partial charge in [0.15, 0.2) is 0 Å². The molecule has 0 saturated heterocycles. The molecular weight excluding hydrogens is 374 g/mol. The number of para-hydroxylation sites is 1. The number of nitrogens with zero attached hydrogens (tertiary/aromatic N) is 4. The number of aromatic nitrogens is 3. The first-order valence-corrected chi connectivity index (χ1v) is 9.76. The zero-order valence-electron chi connectivity index (χ0n) is 15.9. The van der Waals surface area contributed by atoms with Gasteiger partial charge in [-0.05, 0) is 24.1 Å². The van der Waals surface area contributed by atoms with Crippen LogP contribution >= 0.6 is 11.6 Å². The van der Waals surface area contributed by atoms with Gasteiger partial charge < -0.3 is 10.6 Å². The van der Waals surface area contributed by atoms with E-state index in [4.69, 9.17) is 17.3 Å². The molecule has 146 valence electrons. The number of carbonyl (C=O) groups is 1. The molecule has 0 aliphatic carbocycles. The molecule has 2 N–H and O–H groups in total. The Kier molecular flexibility index (Phi) is 6.79. The van der Waals surface area contributed by atoms with Gasteiger partial charge in [0.05, 0.1) is 10.7 Å². The van der Waals surface area contributed by atoms with Gasteiger partial charge in [-0.3, -0.25) is 4.79 Å². The Hall–Kier alpha value is -2.70. The van der Waals surface area contributed by atoms with Crippen molar-refractivity contribution in [3.8, 4) is 5.69 Å². The molecule has 0 saturated carbocycles. The van der Waals surface area contributed by atoms with Crippen LogP contribution in [0.1, 0.15) is 28.9 Å². The molecule has 2 aromatic carbocycles. The summed E-state index contributed by atoms with van der Waals surface area (Å²) >= 11 is 6.31. The third-order valence-corrected chi connectivity index (χ3v) is 4.78. The Morgan fingerprint density at radius 1 is 1.11 bits per heavy atom. The van der Waals surface area contributed by atoms with Crippen molar-refractivity contribution in [1.82, 2.24) is 19.7 Å². The molecule has 0 atom stereocenters. The van der Waals surface area contributed by atoms with Crippen LogP contribution in [0.4, 0.5) is 0 Å². The SMILES string of the molecule is CCc1nc(C(=O)N(CCN)CCc2ccccc2)nn1-c1ccccc1Cl. The van der Waals surface area contributed by atoms with Crippen LogP contribution in [0.25, 0.3) is 5.69 Å². The van der Waals surface area contributed by atoms with E-state index in [1.165, 1.54) is 5.56 Å². The normalized spacial score (nSPS) is 10.8. The molecule has 3 rings (SSSR count). The number of aryl methyl sites for hydroxylation is 1. The molecule has 0 spiro atoms. The first-order valence-electron chi connectivity index (χ1n) is 9.38. The fourth-order valence-corrected chi connectivity index (χ4v) is 3.22. The first kappa shape index (κ1) is 20.0. The van der Waals surface area contributed by atoms with Crippen molar-refractivity contribution in [3.05, 3.63) is 76.8 Å². The van der Waals surface area contributed by atoms with Crippen LogP contribution < -0.4 is 5.73 Å². The van der Waals surface area contributed by atoms with Crippen molar-refractivity contribution in [1.29, 1.82) is 0 Å². The maximum Gasteiger partial charge on any atom is 0.293 e. The molecule has 1 aromatic heterocycles. The van der Waals surface area contributed by atoms with Crippen molar-refractivity contribution in [2.45, 2.75) is 19.8 Å². The smallest absolute Gasteiger partial charge is 0.293 e. The molecule has 0 unspecified atom stereocenters. The van der Waals surface area contributed by atoms with Gasteiger partial charge in [-0.1, -0.05) is 61.0 Å². The van der Waals surface area contributed by atoms with Crippen LogP contribution in [0.15, 0.2) is 54.6 Å². The van der Waals surface area contributed by atoms with Gasteiger partial charge in [-0.25, -0.2) is 9.67 Å². The molecule has 7 heteroatoms. The first-order chi connectivity index (χ1) is 13.6. The van der Waals surface area contributed by atoms with E-state index in [1.54, 1.807) is 15.6 Å². The number of amides is 1. The predicted octanol–water partition coefficient (Wildman–Crippen LogP) is 3.13. The van der Waals surface area contributed by atoms with E-state index in [0.29, 0.717) is 42.6 Å². The maximum absolute atomic E-state index is 13.1. The van der Waals surface area contributed by atoms with Gasteiger partial charge in [0.1, 0.15) is 5.82 Å². The lowest BCUT2D eigenvalue weighted by Gasteiger charge is -2.20. The quantitative estimate of drug-likeness (QED) is 0.633. The number of carbonyl (C=O) groups excluding carboxylic acids is 1. The Morgan fingerprint density at radius 2 is 1.82 bits per heavy atom. The van der Waals surface area contributed by atoms with Crippen LogP contribution in [-0.4, -0.2) is 45.2 Å². The number of nitrogens with two attached hydrogens (primary N) is 1. The van der Waals surface area contributed by atoms with Crippen molar-refractivity contribution in [2.75, 3.05) is 19.6 Å². The Morgan fingerprint density at radius 3 is 2.50 bits per heavy atom. The molecular formula is C21H24ClN5O. The fourth-order valence-electron chi connectivity index (χ4n) is 3.00. The van der Waals surface area contributed by atoms with E-state index < -0.39 is 0 Å². The maximum atomic E-state index is 13.1. The lowest BCUT2D eigenvalue weighted by atomic mass is 10.1. The van der Waals surface area contributed by atoms with Crippen LogP contribution in [0.5, 0.6) is 0 Å². The van der Waals surface area contributed by atoms with Gasteiger partial charge in [0.25, 0.3) is 5.91 Å². The second kappa shape index (κ2) is 9.48. The van der Waals surface area contributed by atoms with E-state index in [0.717, 1.165) is 6.42 Å². The molecule has 0 aliphatic rings. The van der Waals surface area contributed by atoms with Crippen LogP contribution in [-0.2, 0) is 12.8 Å². The molecule has 0 bridgehead atoms. The summed E-state index contributed by atoms with van der Waals surface area (Å²) < 4.78 is 1.65. The average molecular weight is 398 g/mol. The van der Waals surface area contributed by atoms with Crippen LogP contribution in [0.2, 0.25) is 5.02 Å². The van der Waals surface area contributed by atoms with Crippen molar-refractivity contribution >= 4 is 17.5 Å². The minimum atomic E-state index is -0.220. The van der Waals surface area contributed by atoms with Gasteiger partial charge in [-0.2, -0.15) is 0 Å². The predicted molar refractivity (Wildman–Crippen MR) is 111 cm³/mol. The van der Waals surface area contributed by atoms with Crippen molar-refractivity contribution < 1.29 is 4.79 Å². The number of halogens is 1. The summed E-state index contributed by atoms with van der Waals surface area (Å²) in [5.74, 6) is 0.632. The molecule has 0 aliphatic heterocycles. The molecule has 3 aromatic rings.